The molecule has 0 radical (unpaired) electrons. The van der Waals surface area contributed by atoms with Crippen molar-refractivity contribution in [2.75, 3.05) is 53.1 Å². The first-order valence-electron chi connectivity index (χ1n) is 5.45. The van der Waals surface area contributed by atoms with E-state index in [4.69, 9.17) is 9.47 Å². The van der Waals surface area contributed by atoms with Crippen LogP contribution in [0.2, 0.25) is 0 Å². The Kier molecular flexibility index (Phi) is 3.75. The molecule has 1 N–H and O–H groups in total. The minimum Gasteiger partial charge on any atom is -0.379 e. The number of ether oxygens (including phenoxy) is 2. The van der Waals surface area contributed by atoms with Crippen molar-refractivity contribution < 1.29 is 9.47 Å². The molecule has 2 saturated heterocycles. The molecule has 4 heteroatoms. The summed E-state index contributed by atoms with van der Waals surface area (Å²) in [6.45, 7) is 6.85. The fourth-order valence-electron chi connectivity index (χ4n) is 2.21. The summed E-state index contributed by atoms with van der Waals surface area (Å²) in [7, 11) is 2.02. The SMILES string of the molecule is CNC1COCC1CN1CCOCC1. The molecule has 14 heavy (non-hydrogen) atoms. The van der Waals surface area contributed by atoms with Gasteiger partial charge in [-0.1, -0.05) is 0 Å². The fraction of sp³-hybridized carbons (Fsp3) is 1.00. The molecule has 2 fully saturated rings. The Morgan fingerprint density at radius 1 is 1.21 bits per heavy atom. The molecule has 0 aromatic rings. The second kappa shape index (κ2) is 5.07. The maximum absolute atomic E-state index is 5.48. The van der Waals surface area contributed by atoms with Gasteiger partial charge in [-0.3, -0.25) is 4.90 Å². The van der Waals surface area contributed by atoms with Gasteiger partial charge in [0.05, 0.1) is 26.4 Å². The quantitative estimate of drug-likeness (QED) is 0.669. The predicted molar refractivity (Wildman–Crippen MR) is 54.4 cm³/mol. The van der Waals surface area contributed by atoms with Gasteiger partial charge in [-0.25, -0.2) is 0 Å². The topological polar surface area (TPSA) is 33.7 Å². The van der Waals surface area contributed by atoms with E-state index in [0.29, 0.717) is 12.0 Å². The summed E-state index contributed by atoms with van der Waals surface area (Å²) in [6.07, 6.45) is 0. The first-order valence-corrected chi connectivity index (χ1v) is 5.45. The average molecular weight is 200 g/mol. The monoisotopic (exact) mass is 200 g/mol. The minimum atomic E-state index is 0.540. The third kappa shape index (κ3) is 2.45. The van der Waals surface area contributed by atoms with Crippen LogP contribution in [0.3, 0.4) is 0 Å². The van der Waals surface area contributed by atoms with Crippen molar-refractivity contribution in [3.8, 4) is 0 Å². The van der Waals surface area contributed by atoms with Crippen molar-refractivity contribution in [2.45, 2.75) is 6.04 Å². The van der Waals surface area contributed by atoms with Crippen LogP contribution < -0.4 is 5.32 Å². The van der Waals surface area contributed by atoms with Crippen LogP contribution in [0.15, 0.2) is 0 Å². The van der Waals surface area contributed by atoms with E-state index in [0.717, 1.165) is 46.1 Å². The lowest BCUT2D eigenvalue weighted by Crippen LogP contribution is -2.44. The summed E-state index contributed by atoms with van der Waals surface area (Å²) < 4.78 is 10.8. The highest BCUT2D eigenvalue weighted by atomic mass is 16.5. The summed E-state index contributed by atoms with van der Waals surface area (Å²) in [6, 6.07) is 0.540. The molecule has 2 heterocycles. The van der Waals surface area contributed by atoms with Gasteiger partial charge in [0.2, 0.25) is 0 Å². The van der Waals surface area contributed by atoms with Gasteiger partial charge in [0.25, 0.3) is 0 Å². The number of nitrogens with zero attached hydrogens (tertiary/aromatic N) is 1. The molecule has 0 amide bonds. The summed E-state index contributed by atoms with van der Waals surface area (Å²) in [5.41, 5.74) is 0. The molecule has 82 valence electrons. The van der Waals surface area contributed by atoms with Gasteiger partial charge in [-0.05, 0) is 7.05 Å². The predicted octanol–water partition coefficient (Wildman–Crippen LogP) is -0.447. The molecular formula is C10H20N2O2. The molecule has 2 atom stereocenters. The third-order valence-electron chi connectivity index (χ3n) is 3.17. The zero-order valence-electron chi connectivity index (χ0n) is 8.87. The molecule has 0 bridgehead atoms. The zero-order chi connectivity index (χ0) is 9.80. The highest BCUT2D eigenvalue weighted by Crippen LogP contribution is 2.15. The van der Waals surface area contributed by atoms with E-state index >= 15 is 0 Å². The van der Waals surface area contributed by atoms with Crippen molar-refractivity contribution in [3.05, 3.63) is 0 Å². The van der Waals surface area contributed by atoms with Crippen LogP contribution in [0.1, 0.15) is 0 Å². The fourth-order valence-corrected chi connectivity index (χ4v) is 2.21. The Morgan fingerprint density at radius 3 is 2.71 bits per heavy atom. The van der Waals surface area contributed by atoms with Crippen molar-refractivity contribution in [1.29, 1.82) is 0 Å². The van der Waals surface area contributed by atoms with E-state index < -0.39 is 0 Å². The second-order valence-electron chi connectivity index (χ2n) is 4.11. The second-order valence-corrected chi connectivity index (χ2v) is 4.11. The number of hydrogen-bond acceptors (Lipinski definition) is 4. The smallest absolute Gasteiger partial charge is 0.0623 e. The van der Waals surface area contributed by atoms with Crippen LogP contribution in [-0.2, 0) is 9.47 Å². The molecule has 2 rings (SSSR count). The van der Waals surface area contributed by atoms with Crippen LogP contribution in [0, 0.1) is 5.92 Å². The Labute approximate surface area is 85.5 Å². The van der Waals surface area contributed by atoms with Gasteiger partial charge in [0.1, 0.15) is 0 Å². The number of likely N-dealkylation sites (N-methyl/N-ethyl adjacent to an activating group) is 1. The molecule has 0 saturated carbocycles. The Balaban J connectivity index is 1.77. The summed E-state index contributed by atoms with van der Waals surface area (Å²) in [5, 5.41) is 3.32. The lowest BCUT2D eigenvalue weighted by atomic mass is 10.0. The van der Waals surface area contributed by atoms with E-state index in [1.165, 1.54) is 0 Å². The Morgan fingerprint density at radius 2 is 2.00 bits per heavy atom. The van der Waals surface area contributed by atoms with E-state index in [9.17, 15) is 0 Å². The standard InChI is InChI=1S/C10H20N2O2/c1-11-10-8-14-7-9(10)6-12-2-4-13-5-3-12/h9-11H,2-8H2,1H3. The maximum atomic E-state index is 5.48. The van der Waals surface area contributed by atoms with E-state index in [1.54, 1.807) is 0 Å². The molecule has 4 nitrogen and oxygen atoms in total. The van der Waals surface area contributed by atoms with E-state index in [1.807, 2.05) is 7.05 Å². The van der Waals surface area contributed by atoms with E-state index in [2.05, 4.69) is 10.2 Å². The van der Waals surface area contributed by atoms with Crippen LogP contribution >= 0.6 is 0 Å². The Bertz CT molecular complexity index is 172. The van der Waals surface area contributed by atoms with Crippen LogP contribution in [-0.4, -0.2) is 64.1 Å². The van der Waals surface area contributed by atoms with Gasteiger partial charge in [-0.2, -0.15) is 0 Å². The lowest BCUT2D eigenvalue weighted by Gasteiger charge is -2.30. The number of hydrogen-bond donors (Lipinski definition) is 1. The zero-order valence-corrected chi connectivity index (χ0v) is 8.87. The first kappa shape index (κ1) is 10.4. The summed E-state index contributed by atoms with van der Waals surface area (Å²) in [4.78, 5) is 2.48. The van der Waals surface area contributed by atoms with Crippen molar-refractivity contribution in [3.63, 3.8) is 0 Å². The van der Waals surface area contributed by atoms with E-state index in [-0.39, 0.29) is 0 Å². The molecule has 0 aromatic carbocycles. The van der Waals surface area contributed by atoms with Gasteiger partial charge in [0, 0.05) is 31.6 Å². The van der Waals surface area contributed by atoms with Gasteiger partial charge in [-0.15, -0.1) is 0 Å². The largest absolute Gasteiger partial charge is 0.379 e. The molecule has 0 aliphatic carbocycles. The number of nitrogens with one attached hydrogen (secondary N) is 1. The van der Waals surface area contributed by atoms with Crippen LogP contribution in [0.5, 0.6) is 0 Å². The summed E-state index contributed by atoms with van der Waals surface area (Å²) >= 11 is 0. The number of morpholine rings is 1. The third-order valence-corrected chi connectivity index (χ3v) is 3.17. The molecule has 0 aromatic heterocycles. The lowest BCUT2D eigenvalue weighted by molar-refractivity contribution is 0.0286. The molecular weight excluding hydrogens is 180 g/mol. The van der Waals surface area contributed by atoms with Gasteiger partial charge >= 0.3 is 0 Å². The normalized spacial score (nSPS) is 34.9. The highest BCUT2D eigenvalue weighted by Gasteiger charge is 2.28. The van der Waals surface area contributed by atoms with Crippen molar-refractivity contribution in [1.82, 2.24) is 10.2 Å². The number of rotatable bonds is 3. The van der Waals surface area contributed by atoms with Crippen molar-refractivity contribution >= 4 is 0 Å². The maximum Gasteiger partial charge on any atom is 0.0623 e. The molecule has 0 spiro atoms. The molecule has 2 unspecified atom stereocenters. The minimum absolute atomic E-state index is 0.540. The van der Waals surface area contributed by atoms with Crippen LogP contribution in [0.25, 0.3) is 0 Å². The average Bonchev–Trinajstić information content (AvgIpc) is 2.67. The van der Waals surface area contributed by atoms with Crippen molar-refractivity contribution in [2.24, 2.45) is 5.92 Å². The molecule has 2 aliphatic rings. The Hall–Kier alpha value is -0.160. The van der Waals surface area contributed by atoms with Gasteiger partial charge in [0.15, 0.2) is 0 Å². The summed E-state index contributed by atoms with van der Waals surface area (Å²) in [5.74, 6) is 0.651. The first-order chi connectivity index (χ1) is 6.90. The van der Waals surface area contributed by atoms with Crippen LogP contribution in [0.4, 0.5) is 0 Å². The molecule has 2 aliphatic heterocycles. The highest BCUT2D eigenvalue weighted by molar-refractivity contribution is 4.83. The van der Waals surface area contributed by atoms with Gasteiger partial charge < -0.3 is 14.8 Å².